The fraction of sp³-hybridized carbons (Fsp3) is 0.357. The van der Waals surface area contributed by atoms with Crippen molar-refractivity contribution >= 4 is 22.3 Å². The van der Waals surface area contributed by atoms with Gasteiger partial charge < -0.3 is 16.0 Å². The number of nitrogens with two attached hydrogens (primary N) is 1. The molecule has 0 unspecified atom stereocenters. The van der Waals surface area contributed by atoms with Crippen LogP contribution in [0.5, 0.6) is 0 Å². The molecule has 0 amide bonds. The molecule has 2 rings (SSSR count). The van der Waals surface area contributed by atoms with Crippen LogP contribution in [0.4, 0.5) is 11.4 Å². The van der Waals surface area contributed by atoms with Crippen LogP contribution >= 0.6 is 0 Å². The Bertz CT molecular complexity index is 524. The topological polar surface area (TPSA) is 54.2 Å². The van der Waals surface area contributed by atoms with Gasteiger partial charge in [0, 0.05) is 18.5 Å². The Morgan fingerprint density at radius 2 is 2.11 bits per heavy atom. The molecule has 0 atom stereocenters. The molecule has 0 fully saturated rings. The lowest BCUT2D eigenvalue weighted by Crippen LogP contribution is -2.25. The number of hydrogen-bond acceptors (Lipinski definition) is 4. The van der Waals surface area contributed by atoms with Crippen molar-refractivity contribution in [3.8, 4) is 0 Å². The van der Waals surface area contributed by atoms with Gasteiger partial charge in [-0.2, -0.15) is 0 Å². The maximum atomic E-state index is 6.00. The Hall–Kier alpha value is -1.81. The Balaban J connectivity index is 2.18. The first kappa shape index (κ1) is 12.6. The summed E-state index contributed by atoms with van der Waals surface area (Å²) >= 11 is 0. The first-order valence-corrected chi connectivity index (χ1v) is 6.28. The normalized spacial score (nSPS) is 11.1. The Labute approximate surface area is 108 Å². The molecule has 1 heterocycles. The summed E-state index contributed by atoms with van der Waals surface area (Å²) in [4.78, 5) is 6.58. The highest BCUT2D eigenvalue weighted by molar-refractivity contribution is 5.96. The molecule has 3 N–H and O–H groups in total. The summed E-state index contributed by atoms with van der Waals surface area (Å²) in [6, 6.07) is 8.04. The summed E-state index contributed by atoms with van der Waals surface area (Å²) in [7, 11) is 2.11. The van der Waals surface area contributed by atoms with Gasteiger partial charge in [-0.3, -0.25) is 4.98 Å². The molecule has 4 heteroatoms. The number of rotatable bonds is 5. The number of pyridine rings is 1. The number of benzene rings is 1. The molecule has 0 radical (unpaired) electrons. The number of para-hydroxylation sites is 1. The standard InChI is InChI=1S/C14H20N4/c1-3-18(2)9-8-16-14-11-6-4-5-7-13(11)17-10-12(14)15/h4-7,10H,3,8-9,15H2,1-2H3,(H,16,17). The van der Waals surface area contributed by atoms with Gasteiger partial charge in [-0.05, 0) is 19.7 Å². The third kappa shape index (κ3) is 2.71. The lowest BCUT2D eigenvalue weighted by atomic mass is 10.1. The Kier molecular flexibility index (Phi) is 3.99. The molecule has 0 saturated heterocycles. The number of nitrogens with zero attached hydrogens (tertiary/aromatic N) is 2. The van der Waals surface area contributed by atoms with Gasteiger partial charge in [0.15, 0.2) is 0 Å². The molecule has 1 aromatic heterocycles. The molecule has 1 aromatic carbocycles. The Morgan fingerprint density at radius 1 is 1.33 bits per heavy atom. The molecule has 0 aliphatic heterocycles. The highest BCUT2D eigenvalue weighted by atomic mass is 15.1. The lowest BCUT2D eigenvalue weighted by Gasteiger charge is -2.16. The predicted molar refractivity (Wildman–Crippen MR) is 77.8 cm³/mol. The highest BCUT2D eigenvalue weighted by Gasteiger charge is 2.05. The average Bonchev–Trinajstić information content (AvgIpc) is 2.41. The van der Waals surface area contributed by atoms with Gasteiger partial charge in [-0.1, -0.05) is 25.1 Å². The van der Waals surface area contributed by atoms with E-state index in [2.05, 4.69) is 29.2 Å². The van der Waals surface area contributed by atoms with Crippen molar-refractivity contribution in [2.45, 2.75) is 6.92 Å². The van der Waals surface area contributed by atoms with Gasteiger partial charge in [0.25, 0.3) is 0 Å². The van der Waals surface area contributed by atoms with Crippen LogP contribution in [0.15, 0.2) is 30.5 Å². The van der Waals surface area contributed by atoms with E-state index in [0.717, 1.165) is 36.2 Å². The number of hydrogen-bond donors (Lipinski definition) is 2. The molecule has 18 heavy (non-hydrogen) atoms. The summed E-state index contributed by atoms with van der Waals surface area (Å²) in [6.45, 7) is 5.07. The van der Waals surface area contributed by atoms with E-state index in [9.17, 15) is 0 Å². The number of nitrogen functional groups attached to an aromatic ring is 1. The van der Waals surface area contributed by atoms with Crippen molar-refractivity contribution in [3.63, 3.8) is 0 Å². The van der Waals surface area contributed by atoms with E-state index in [0.29, 0.717) is 5.69 Å². The van der Waals surface area contributed by atoms with Crippen LogP contribution in [0.25, 0.3) is 10.9 Å². The Morgan fingerprint density at radius 3 is 2.89 bits per heavy atom. The van der Waals surface area contributed by atoms with E-state index in [1.807, 2.05) is 24.3 Å². The van der Waals surface area contributed by atoms with Crippen molar-refractivity contribution in [1.82, 2.24) is 9.88 Å². The van der Waals surface area contributed by atoms with E-state index < -0.39 is 0 Å². The number of anilines is 2. The molecule has 0 bridgehead atoms. The van der Waals surface area contributed by atoms with Crippen LogP contribution in [0.3, 0.4) is 0 Å². The number of nitrogens with one attached hydrogen (secondary N) is 1. The fourth-order valence-corrected chi connectivity index (χ4v) is 1.88. The van der Waals surface area contributed by atoms with E-state index in [1.54, 1.807) is 6.20 Å². The lowest BCUT2D eigenvalue weighted by molar-refractivity contribution is 0.367. The molecular weight excluding hydrogens is 224 g/mol. The molecule has 0 spiro atoms. The molecular formula is C14H20N4. The largest absolute Gasteiger partial charge is 0.396 e. The molecule has 0 aliphatic rings. The number of aromatic nitrogens is 1. The number of likely N-dealkylation sites (N-methyl/N-ethyl adjacent to an activating group) is 1. The smallest absolute Gasteiger partial charge is 0.0743 e. The van der Waals surface area contributed by atoms with Gasteiger partial charge in [-0.15, -0.1) is 0 Å². The summed E-state index contributed by atoms with van der Waals surface area (Å²) in [5, 5.41) is 4.49. The van der Waals surface area contributed by atoms with E-state index in [-0.39, 0.29) is 0 Å². The van der Waals surface area contributed by atoms with Gasteiger partial charge in [0.1, 0.15) is 0 Å². The van der Waals surface area contributed by atoms with Crippen LogP contribution in [-0.2, 0) is 0 Å². The molecule has 96 valence electrons. The fourth-order valence-electron chi connectivity index (χ4n) is 1.88. The van der Waals surface area contributed by atoms with E-state index >= 15 is 0 Å². The third-order valence-electron chi connectivity index (χ3n) is 3.14. The zero-order valence-electron chi connectivity index (χ0n) is 11.0. The SMILES string of the molecule is CCN(C)CCNc1c(N)cnc2ccccc12. The minimum absolute atomic E-state index is 0.702. The van der Waals surface area contributed by atoms with E-state index in [1.165, 1.54) is 0 Å². The van der Waals surface area contributed by atoms with Gasteiger partial charge in [-0.25, -0.2) is 0 Å². The van der Waals surface area contributed by atoms with E-state index in [4.69, 9.17) is 5.73 Å². The van der Waals surface area contributed by atoms with Crippen LogP contribution < -0.4 is 11.1 Å². The second kappa shape index (κ2) is 5.69. The first-order chi connectivity index (χ1) is 8.72. The average molecular weight is 244 g/mol. The van der Waals surface area contributed by atoms with Gasteiger partial charge in [0.2, 0.25) is 0 Å². The second-order valence-corrected chi connectivity index (χ2v) is 4.43. The van der Waals surface area contributed by atoms with Crippen LogP contribution in [0.1, 0.15) is 6.92 Å². The van der Waals surface area contributed by atoms with Crippen LogP contribution in [0, 0.1) is 0 Å². The zero-order chi connectivity index (χ0) is 13.0. The predicted octanol–water partition coefficient (Wildman–Crippen LogP) is 2.18. The molecule has 0 saturated carbocycles. The van der Waals surface area contributed by atoms with Gasteiger partial charge >= 0.3 is 0 Å². The van der Waals surface area contributed by atoms with Crippen LogP contribution in [0.2, 0.25) is 0 Å². The molecule has 4 nitrogen and oxygen atoms in total. The van der Waals surface area contributed by atoms with Crippen molar-refractivity contribution in [1.29, 1.82) is 0 Å². The quantitative estimate of drug-likeness (QED) is 0.846. The maximum Gasteiger partial charge on any atom is 0.0743 e. The minimum Gasteiger partial charge on any atom is -0.396 e. The third-order valence-corrected chi connectivity index (χ3v) is 3.14. The number of fused-ring (bicyclic) bond motifs is 1. The van der Waals surface area contributed by atoms with Crippen molar-refractivity contribution in [2.75, 3.05) is 37.7 Å². The molecule has 0 aliphatic carbocycles. The maximum absolute atomic E-state index is 6.00. The van der Waals surface area contributed by atoms with Crippen molar-refractivity contribution < 1.29 is 0 Å². The summed E-state index contributed by atoms with van der Waals surface area (Å²) in [5.41, 5.74) is 8.66. The summed E-state index contributed by atoms with van der Waals surface area (Å²) < 4.78 is 0. The first-order valence-electron chi connectivity index (χ1n) is 6.28. The molecule has 2 aromatic rings. The summed E-state index contributed by atoms with van der Waals surface area (Å²) in [5.74, 6) is 0. The van der Waals surface area contributed by atoms with Gasteiger partial charge in [0.05, 0.1) is 23.1 Å². The zero-order valence-corrected chi connectivity index (χ0v) is 11.0. The minimum atomic E-state index is 0.702. The van der Waals surface area contributed by atoms with Crippen molar-refractivity contribution in [2.24, 2.45) is 0 Å². The van der Waals surface area contributed by atoms with Crippen molar-refractivity contribution in [3.05, 3.63) is 30.5 Å². The summed E-state index contributed by atoms with van der Waals surface area (Å²) in [6.07, 6.45) is 1.72. The van der Waals surface area contributed by atoms with Crippen LogP contribution in [-0.4, -0.2) is 36.6 Å². The second-order valence-electron chi connectivity index (χ2n) is 4.43. The highest BCUT2D eigenvalue weighted by Crippen LogP contribution is 2.27. The monoisotopic (exact) mass is 244 g/mol.